The second-order valence-electron chi connectivity index (χ2n) is 6.17. The zero-order chi connectivity index (χ0) is 20.1. The van der Waals surface area contributed by atoms with Crippen LogP contribution in [-0.2, 0) is 0 Å². The molecular formula is C18H18F4N4O2. The zero-order valence-corrected chi connectivity index (χ0v) is 14.7. The van der Waals surface area contributed by atoms with Gasteiger partial charge < -0.3 is 19.9 Å². The van der Waals surface area contributed by atoms with Crippen LogP contribution in [0, 0.1) is 5.82 Å². The van der Waals surface area contributed by atoms with Crippen LogP contribution in [0.2, 0.25) is 0 Å². The smallest absolute Gasteiger partial charge is 0.422 e. The maximum Gasteiger partial charge on any atom is 0.422 e. The molecule has 0 bridgehead atoms. The molecule has 1 saturated heterocycles. The lowest BCUT2D eigenvalue weighted by molar-refractivity contribution is -0.154. The van der Waals surface area contributed by atoms with Gasteiger partial charge in [0.05, 0.1) is 11.9 Å². The molecular weight excluding hydrogens is 380 g/mol. The maximum absolute atomic E-state index is 13.0. The normalized spacial score (nSPS) is 14.7. The summed E-state index contributed by atoms with van der Waals surface area (Å²) in [5, 5.41) is 2.65. The molecule has 2 aromatic rings. The van der Waals surface area contributed by atoms with Gasteiger partial charge in [-0.2, -0.15) is 13.2 Å². The van der Waals surface area contributed by atoms with Crippen molar-refractivity contribution >= 4 is 17.4 Å². The van der Waals surface area contributed by atoms with Crippen molar-refractivity contribution < 1.29 is 27.1 Å². The minimum atomic E-state index is -4.44. The number of rotatable bonds is 4. The zero-order valence-electron chi connectivity index (χ0n) is 14.7. The van der Waals surface area contributed by atoms with Crippen molar-refractivity contribution in [2.45, 2.75) is 6.18 Å². The fourth-order valence-corrected chi connectivity index (χ4v) is 2.72. The monoisotopic (exact) mass is 398 g/mol. The Balaban J connectivity index is 1.48. The molecule has 0 radical (unpaired) electrons. The van der Waals surface area contributed by atoms with Gasteiger partial charge in [0.25, 0.3) is 0 Å². The van der Waals surface area contributed by atoms with Gasteiger partial charge in [0.15, 0.2) is 6.61 Å². The molecule has 1 aromatic heterocycles. The van der Waals surface area contributed by atoms with Gasteiger partial charge in [0.1, 0.15) is 5.82 Å². The van der Waals surface area contributed by atoms with Gasteiger partial charge in [-0.15, -0.1) is 0 Å². The van der Waals surface area contributed by atoms with Gasteiger partial charge in [-0.25, -0.2) is 14.2 Å². The Labute approximate surface area is 158 Å². The Kier molecular flexibility index (Phi) is 5.86. The topological polar surface area (TPSA) is 57.7 Å². The van der Waals surface area contributed by atoms with Crippen molar-refractivity contribution in [1.82, 2.24) is 9.88 Å². The number of urea groups is 1. The standard InChI is InChI=1S/C18H18F4N4O2/c19-13-1-4-15(5-2-13)25-7-9-26(10-8-25)17(27)24-14-3-6-16(23-11-14)28-12-18(20,21)22/h1-6,11H,7-10,12H2,(H,24,27). The summed E-state index contributed by atoms with van der Waals surface area (Å²) in [5.41, 5.74) is 1.24. The second-order valence-corrected chi connectivity index (χ2v) is 6.17. The number of carbonyl (C=O) groups excluding carboxylic acids is 1. The summed E-state index contributed by atoms with van der Waals surface area (Å²) in [6.07, 6.45) is -3.21. The number of pyridine rings is 1. The van der Waals surface area contributed by atoms with Crippen molar-refractivity contribution in [3.8, 4) is 5.88 Å². The average Bonchev–Trinajstić information content (AvgIpc) is 2.67. The van der Waals surface area contributed by atoms with Crippen molar-refractivity contribution in [2.75, 3.05) is 43.0 Å². The first-order chi connectivity index (χ1) is 13.3. The highest BCUT2D eigenvalue weighted by Gasteiger charge is 2.28. The maximum atomic E-state index is 13.0. The number of anilines is 2. The number of amides is 2. The van der Waals surface area contributed by atoms with Crippen LogP contribution in [0.3, 0.4) is 0 Å². The van der Waals surface area contributed by atoms with E-state index in [1.165, 1.54) is 30.5 Å². The number of alkyl halides is 3. The number of hydrogen-bond acceptors (Lipinski definition) is 4. The molecule has 1 aliphatic heterocycles. The number of nitrogens with zero attached hydrogens (tertiary/aromatic N) is 3. The third-order valence-electron chi connectivity index (χ3n) is 4.13. The van der Waals surface area contributed by atoms with E-state index in [2.05, 4.69) is 19.9 Å². The van der Waals surface area contributed by atoms with Crippen molar-refractivity contribution in [3.63, 3.8) is 0 Å². The fourth-order valence-electron chi connectivity index (χ4n) is 2.72. The summed E-state index contributed by atoms with van der Waals surface area (Å²) in [5.74, 6) is -0.478. The van der Waals surface area contributed by atoms with Gasteiger partial charge in [-0.1, -0.05) is 0 Å². The van der Waals surface area contributed by atoms with E-state index in [0.29, 0.717) is 31.9 Å². The quantitative estimate of drug-likeness (QED) is 0.801. The molecule has 1 aliphatic rings. The molecule has 150 valence electrons. The fraction of sp³-hybridized carbons (Fsp3) is 0.333. The Hall–Kier alpha value is -3.04. The van der Waals surface area contributed by atoms with Gasteiger partial charge in [-0.05, 0) is 30.3 Å². The molecule has 0 spiro atoms. The van der Waals surface area contributed by atoms with E-state index < -0.39 is 12.8 Å². The van der Waals surface area contributed by atoms with E-state index in [4.69, 9.17) is 0 Å². The molecule has 0 unspecified atom stereocenters. The summed E-state index contributed by atoms with van der Waals surface area (Å²) in [6, 6.07) is 8.52. The predicted octanol–water partition coefficient (Wildman–Crippen LogP) is 3.52. The lowest BCUT2D eigenvalue weighted by Crippen LogP contribution is -2.50. The molecule has 1 aromatic carbocycles. The number of aromatic nitrogens is 1. The third-order valence-corrected chi connectivity index (χ3v) is 4.13. The minimum absolute atomic E-state index is 0.178. The molecule has 0 saturated carbocycles. The average molecular weight is 398 g/mol. The van der Waals surface area contributed by atoms with Gasteiger partial charge in [-0.3, -0.25) is 0 Å². The highest BCUT2D eigenvalue weighted by molar-refractivity contribution is 5.89. The number of ether oxygens (including phenoxy) is 1. The Bertz CT molecular complexity index is 789. The summed E-state index contributed by atoms with van der Waals surface area (Å²) in [4.78, 5) is 19.8. The van der Waals surface area contributed by atoms with Gasteiger partial charge in [0.2, 0.25) is 5.88 Å². The lowest BCUT2D eigenvalue weighted by Gasteiger charge is -2.36. The van der Waals surface area contributed by atoms with Gasteiger partial charge in [0, 0.05) is 37.9 Å². The number of carbonyl (C=O) groups is 1. The van der Waals surface area contributed by atoms with Crippen LogP contribution in [0.5, 0.6) is 5.88 Å². The largest absolute Gasteiger partial charge is 0.468 e. The molecule has 0 aliphatic carbocycles. The molecule has 1 fully saturated rings. The SMILES string of the molecule is O=C(Nc1ccc(OCC(F)(F)F)nc1)N1CCN(c2ccc(F)cc2)CC1. The molecule has 3 rings (SSSR count). The number of halogens is 4. The molecule has 0 atom stereocenters. The number of piperazine rings is 1. The number of hydrogen-bond donors (Lipinski definition) is 1. The Morgan fingerprint density at radius 2 is 1.75 bits per heavy atom. The first-order valence-electron chi connectivity index (χ1n) is 8.52. The van der Waals surface area contributed by atoms with Crippen LogP contribution in [0.4, 0.5) is 33.7 Å². The van der Waals surface area contributed by atoms with E-state index in [1.807, 2.05) is 0 Å². The van der Waals surface area contributed by atoms with E-state index in [0.717, 1.165) is 5.69 Å². The number of benzene rings is 1. The van der Waals surface area contributed by atoms with Crippen LogP contribution in [0.1, 0.15) is 0 Å². The van der Waals surface area contributed by atoms with E-state index >= 15 is 0 Å². The highest BCUT2D eigenvalue weighted by Crippen LogP contribution is 2.19. The van der Waals surface area contributed by atoms with Crippen LogP contribution in [-0.4, -0.2) is 54.9 Å². The van der Waals surface area contributed by atoms with Crippen molar-refractivity contribution in [1.29, 1.82) is 0 Å². The van der Waals surface area contributed by atoms with Crippen LogP contribution >= 0.6 is 0 Å². The van der Waals surface area contributed by atoms with Crippen molar-refractivity contribution in [3.05, 3.63) is 48.4 Å². The molecule has 2 amide bonds. The second kappa shape index (κ2) is 8.32. The Morgan fingerprint density at radius 3 is 2.32 bits per heavy atom. The summed E-state index contributed by atoms with van der Waals surface area (Å²) in [6.45, 7) is 0.722. The summed E-state index contributed by atoms with van der Waals surface area (Å²) >= 11 is 0. The molecule has 10 heteroatoms. The van der Waals surface area contributed by atoms with Crippen LogP contribution in [0.15, 0.2) is 42.6 Å². The van der Waals surface area contributed by atoms with Gasteiger partial charge >= 0.3 is 12.2 Å². The first kappa shape index (κ1) is 19.7. The molecule has 28 heavy (non-hydrogen) atoms. The number of nitrogens with one attached hydrogen (secondary N) is 1. The van der Waals surface area contributed by atoms with Crippen LogP contribution < -0.4 is 15.0 Å². The first-order valence-corrected chi connectivity index (χ1v) is 8.52. The molecule has 6 nitrogen and oxygen atoms in total. The van der Waals surface area contributed by atoms with E-state index in [1.54, 1.807) is 17.0 Å². The lowest BCUT2D eigenvalue weighted by atomic mass is 10.2. The predicted molar refractivity (Wildman–Crippen MR) is 95.0 cm³/mol. The van der Waals surface area contributed by atoms with E-state index in [9.17, 15) is 22.4 Å². The van der Waals surface area contributed by atoms with Crippen molar-refractivity contribution in [2.24, 2.45) is 0 Å². The Morgan fingerprint density at radius 1 is 1.07 bits per heavy atom. The molecule has 1 N–H and O–H groups in total. The summed E-state index contributed by atoms with van der Waals surface area (Å²) < 4.78 is 53.9. The summed E-state index contributed by atoms with van der Waals surface area (Å²) in [7, 11) is 0. The highest BCUT2D eigenvalue weighted by atomic mass is 19.4. The minimum Gasteiger partial charge on any atom is -0.468 e. The third kappa shape index (κ3) is 5.48. The van der Waals surface area contributed by atoms with E-state index in [-0.39, 0.29) is 17.7 Å². The molecule has 2 heterocycles. The van der Waals surface area contributed by atoms with Crippen LogP contribution in [0.25, 0.3) is 0 Å².